The highest BCUT2D eigenvalue weighted by Crippen LogP contribution is 2.56. The Morgan fingerprint density at radius 1 is 1.40 bits per heavy atom. The first-order valence-electron chi connectivity index (χ1n) is 5.36. The average Bonchev–Trinajstić information content (AvgIpc) is 2.68. The molecule has 0 saturated carbocycles. The van der Waals surface area contributed by atoms with E-state index in [-0.39, 0.29) is 5.91 Å². The van der Waals surface area contributed by atoms with E-state index in [1.54, 1.807) is 6.92 Å². The Morgan fingerprint density at radius 2 is 2.00 bits per heavy atom. The molecule has 1 aliphatic carbocycles. The molecule has 2 atom stereocenters. The van der Waals surface area contributed by atoms with Gasteiger partial charge < -0.3 is 5.32 Å². The monoisotopic (exact) mass is 202 g/mol. The van der Waals surface area contributed by atoms with Crippen molar-refractivity contribution in [3.05, 3.63) is 35.4 Å². The van der Waals surface area contributed by atoms with Gasteiger partial charge in [0.25, 0.3) is 0 Å². The van der Waals surface area contributed by atoms with E-state index in [2.05, 4.69) is 34.5 Å². The Bertz CT molecular complexity index is 387. The van der Waals surface area contributed by atoms with Crippen molar-refractivity contribution in [2.75, 3.05) is 6.67 Å². The Labute approximate surface area is 89.1 Å². The summed E-state index contributed by atoms with van der Waals surface area (Å²) in [5, 5.41) is 2.87. The summed E-state index contributed by atoms with van der Waals surface area (Å²) in [6.07, 6.45) is 1.22. The van der Waals surface area contributed by atoms with E-state index in [1.165, 1.54) is 17.5 Å². The second kappa shape index (κ2) is 3.07. The number of hydrogen-bond donors (Lipinski definition) is 1. The van der Waals surface area contributed by atoms with Crippen LogP contribution in [-0.2, 0) is 4.79 Å². The van der Waals surface area contributed by atoms with Crippen LogP contribution < -0.4 is 5.32 Å². The summed E-state index contributed by atoms with van der Waals surface area (Å²) in [6.45, 7) is 2.24. The molecule has 1 amide bonds. The molecule has 3 nitrogen and oxygen atoms in total. The quantitative estimate of drug-likeness (QED) is 0.789. The summed E-state index contributed by atoms with van der Waals surface area (Å²) in [5.74, 6) is 0.0466. The molecule has 2 unspecified atom stereocenters. The fraction of sp³-hybridized carbons (Fsp3) is 0.417. The zero-order valence-corrected chi connectivity index (χ0v) is 8.73. The van der Waals surface area contributed by atoms with E-state index in [0.717, 1.165) is 0 Å². The van der Waals surface area contributed by atoms with E-state index in [0.29, 0.717) is 18.8 Å². The summed E-state index contributed by atoms with van der Waals surface area (Å²) in [6, 6.07) is 9.67. The lowest BCUT2D eigenvalue weighted by molar-refractivity contribution is -0.120. The van der Waals surface area contributed by atoms with Crippen molar-refractivity contribution in [2.45, 2.75) is 25.4 Å². The van der Waals surface area contributed by atoms with E-state index in [1.807, 2.05) is 0 Å². The molecule has 1 fully saturated rings. The van der Waals surface area contributed by atoms with Crippen LogP contribution >= 0.6 is 0 Å². The van der Waals surface area contributed by atoms with Crippen molar-refractivity contribution in [3.8, 4) is 0 Å². The number of nitrogens with zero attached hydrogens (tertiary/aromatic N) is 1. The van der Waals surface area contributed by atoms with Gasteiger partial charge in [0.2, 0.25) is 5.91 Å². The maximum Gasteiger partial charge on any atom is 0.217 e. The third-order valence-corrected chi connectivity index (χ3v) is 3.47. The predicted octanol–water partition coefficient (Wildman–Crippen LogP) is 1.58. The van der Waals surface area contributed by atoms with Crippen molar-refractivity contribution in [2.24, 2.45) is 0 Å². The number of carbonyl (C=O) groups is 1. The smallest absolute Gasteiger partial charge is 0.217 e. The molecule has 2 heterocycles. The maximum atomic E-state index is 10.9. The fourth-order valence-corrected chi connectivity index (χ4v) is 2.71. The van der Waals surface area contributed by atoms with E-state index >= 15 is 0 Å². The Hall–Kier alpha value is -1.35. The van der Waals surface area contributed by atoms with E-state index < -0.39 is 0 Å². The topological polar surface area (TPSA) is 32.3 Å². The Balaban J connectivity index is 1.77. The summed E-state index contributed by atoms with van der Waals surface area (Å²) < 4.78 is 0. The first kappa shape index (κ1) is 8.92. The molecule has 78 valence electrons. The number of benzene rings is 1. The van der Waals surface area contributed by atoms with Gasteiger partial charge in [0.05, 0.1) is 6.67 Å². The summed E-state index contributed by atoms with van der Waals surface area (Å²) in [4.78, 5) is 13.2. The largest absolute Gasteiger partial charge is 0.344 e. The van der Waals surface area contributed by atoms with Crippen LogP contribution in [0.3, 0.4) is 0 Å². The van der Waals surface area contributed by atoms with Gasteiger partial charge in [-0.2, -0.15) is 0 Å². The highest BCUT2D eigenvalue weighted by Gasteiger charge is 2.48. The number of amides is 1. The molecule has 1 N–H and O–H groups in total. The first-order valence-corrected chi connectivity index (χ1v) is 5.36. The first-order chi connectivity index (χ1) is 7.27. The number of hydrogen-bond acceptors (Lipinski definition) is 2. The normalized spacial score (nSPS) is 27.0. The van der Waals surface area contributed by atoms with Gasteiger partial charge in [-0.1, -0.05) is 24.3 Å². The third-order valence-electron chi connectivity index (χ3n) is 3.47. The lowest BCUT2D eigenvalue weighted by atomic mass is 10.0. The van der Waals surface area contributed by atoms with Crippen LogP contribution in [0.2, 0.25) is 0 Å². The van der Waals surface area contributed by atoms with Gasteiger partial charge in [-0.3, -0.25) is 9.69 Å². The number of carbonyl (C=O) groups excluding carboxylic acids is 1. The zero-order chi connectivity index (χ0) is 10.4. The molecule has 0 aromatic heterocycles. The Kier molecular flexibility index (Phi) is 1.83. The summed E-state index contributed by atoms with van der Waals surface area (Å²) >= 11 is 0. The number of rotatable bonds is 2. The third kappa shape index (κ3) is 1.20. The lowest BCUT2D eigenvalue weighted by Gasteiger charge is -2.40. The van der Waals surface area contributed by atoms with Gasteiger partial charge in [0.15, 0.2) is 0 Å². The van der Waals surface area contributed by atoms with Crippen LogP contribution in [0.25, 0.3) is 0 Å². The van der Waals surface area contributed by atoms with Crippen LogP contribution in [0.4, 0.5) is 0 Å². The predicted molar refractivity (Wildman–Crippen MR) is 57.1 cm³/mol. The van der Waals surface area contributed by atoms with Crippen LogP contribution in [0.5, 0.6) is 0 Å². The second-order valence-electron chi connectivity index (χ2n) is 4.30. The highest BCUT2D eigenvalue weighted by atomic mass is 16.1. The molecule has 2 aliphatic heterocycles. The molecule has 1 aromatic rings. The van der Waals surface area contributed by atoms with Gasteiger partial charge in [-0.05, 0) is 17.5 Å². The maximum absolute atomic E-state index is 10.9. The standard InChI is InChI=1S/C12H14N2O/c1-8(15)13-7-14-11-6-12(14)10-5-3-2-4-9(10)11/h2-5,11-12H,6-7H2,1H3,(H,13,15). The minimum atomic E-state index is 0.0466. The highest BCUT2D eigenvalue weighted by molar-refractivity contribution is 5.72. The van der Waals surface area contributed by atoms with Gasteiger partial charge in [-0.15, -0.1) is 0 Å². The number of nitrogens with one attached hydrogen (secondary N) is 1. The van der Waals surface area contributed by atoms with Gasteiger partial charge >= 0.3 is 0 Å². The Morgan fingerprint density at radius 3 is 2.53 bits per heavy atom. The van der Waals surface area contributed by atoms with Crippen LogP contribution in [-0.4, -0.2) is 17.5 Å². The van der Waals surface area contributed by atoms with Gasteiger partial charge in [0.1, 0.15) is 0 Å². The molecule has 0 radical (unpaired) electrons. The van der Waals surface area contributed by atoms with Crippen LogP contribution in [0.1, 0.15) is 36.6 Å². The molecular weight excluding hydrogens is 188 g/mol. The van der Waals surface area contributed by atoms with E-state index in [9.17, 15) is 4.79 Å². The molecule has 1 saturated heterocycles. The molecule has 1 aromatic carbocycles. The van der Waals surface area contributed by atoms with Crippen molar-refractivity contribution in [1.82, 2.24) is 10.2 Å². The summed E-state index contributed by atoms with van der Waals surface area (Å²) in [7, 11) is 0. The van der Waals surface area contributed by atoms with Crippen LogP contribution in [0, 0.1) is 0 Å². The van der Waals surface area contributed by atoms with Crippen molar-refractivity contribution >= 4 is 5.91 Å². The minimum absolute atomic E-state index is 0.0466. The molecule has 3 aliphatic rings. The molecule has 15 heavy (non-hydrogen) atoms. The van der Waals surface area contributed by atoms with Crippen molar-refractivity contribution < 1.29 is 4.79 Å². The summed E-state index contributed by atoms with van der Waals surface area (Å²) in [5.41, 5.74) is 2.90. The SMILES string of the molecule is CC(=O)NCN1C2CC1c1ccccc12. The molecule has 0 spiro atoms. The van der Waals surface area contributed by atoms with Gasteiger partial charge in [0, 0.05) is 19.0 Å². The molecule has 3 heteroatoms. The average molecular weight is 202 g/mol. The minimum Gasteiger partial charge on any atom is -0.344 e. The van der Waals surface area contributed by atoms with E-state index in [4.69, 9.17) is 0 Å². The molecule has 2 bridgehead atoms. The fourth-order valence-electron chi connectivity index (χ4n) is 2.71. The van der Waals surface area contributed by atoms with Crippen LogP contribution in [0.15, 0.2) is 24.3 Å². The second-order valence-corrected chi connectivity index (χ2v) is 4.30. The molecule has 4 rings (SSSR count). The lowest BCUT2D eigenvalue weighted by Crippen LogP contribution is -2.44. The zero-order valence-electron chi connectivity index (χ0n) is 8.73. The molecular formula is C12H14N2O. The van der Waals surface area contributed by atoms with Crippen molar-refractivity contribution in [1.29, 1.82) is 0 Å². The van der Waals surface area contributed by atoms with Crippen molar-refractivity contribution in [3.63, 3.8) is 0 Å². The van der Waals surface area contributed by atoms with Gasteiger partial charge in [-0.25, -0.2) is 0 Å².